The van der Waals surface area contributed by atoms with E-state index < -0.39 is 11.9 Å². The molecule has 0 aliphatic heterocycles. The number of benzene rings is 1. The average molecular weight is 294 g/mol. The second kappa shape index (κ2) is 5.50. The van der Waals surface area contributed by atoms with E-state index in [1.165, 1.54) is 6.92 Å². The maximum atomic E-state index is 11.1. The Morgan fingerprint density at radius 2 is 1.95 bits per heavy atom. The quantitative estimate of drug-likeness (QED) is 0.691. The lowest BCUT2D eigenvalue weighted by Crippen LogP contribution is -2.06. The number of thiophene rings is 1. The number of fused-ring (bicyclic) bond motifs is 1. The van der Waals surface area contributed by atoms with Crippen molar-refractivity contribution in [3.63, 3.8) is 0 Å². The van der Waals surface area contributed by atoms with Crippen LogP contribution in [-0.4, -0.2) is 23.1 Å². The highest BCUT2D eigenvalue weighted by Crippen LogP contribution is 2.37. The SMILES string of the molecule is CC(=O)Oc1cc(OC(C)C)c2cc(C(=O)O)sc2c1. The van der Waals surface area contributed by atoms with Gasteiger partial charge in [-0.05, 0) is 26.0 Å². The van der Waals surface area contributed by atoms with Crippen LogP contribution in [0.15, 0.2) is 18.2 Å². The molecule has 2 aromatic rings. The molecule has 0 fully saturated rings. The number of ether oxygens (including phenoxy) is 2. The fourth-order valence-electron chi connectivity index (χ4n) is 1.76. The van der Waals surface area contributed by atoms with Gasteiger partial charge in [-0.15, -0.1) is 11.3 Å². The highest BCUT2D eigenvalue weighted by Gasteiger charge is 2.15. The van der Waals surface area contributed by atoms with Crippen molar-refractivity contribution >= 4 is 33.4 Å². The lowest BCUT2D eigenvalue weighted by Gasteiger charge is -2.12. The summed E-state index contributed by atoms with van der Waals surface area (Å²) in [6, 6.07) is 4.81. The van der Waals surface area contributed by atoms with Crippen LogP contribution in [0.4, 0.5) is 0 Å². The number of carboxylic acids is 1. The number of carboxylic acid groups (broad SMARTS) is 1. The Balaban J connectivity index is 2.57. The van der Waals surface area contributed by atoms with Gasteiger partial charge in [0.05, 0.1) is 6.10 Å². The van der Waals surface area contributed by atoms with E-state index in [1.807, 2.05) is 13.8 Å². The Labute approximate surface area is 119 Å². The number of hydrogen-bond donors (Lipinski definition) is 1. The molecule has 6 heteroatoms. The highest BCUT2D eigenvalue weighted by atomic mass is 32.1. The summed E-state index contributed by atoms with van der Waals surface area (Å²) in [6.07, 6.45) is -0.0704. The molecule has 1 aromatic carbocycles. The molecule has 0 spiro atoms. The molecule has 106 valence electrons. The van der Waals surface area contributed by atoms with Gasteiger partial charge in [0.25, 0.3) is 0 Å². The van der Waals surface area contributed by atoms with E-state index in [2.05, 4.69) is 0 Å². The van der Waals surface area contributed by atoms with E-state index in [1.54, 1.807) is 18.2 Å². The number of aromatic carboxylic acids is 1. The first kappa shape index (κ1) is 14.3. The summed E-state index contributed by atoms with van der Waals surface area (Å²) in [5, 5.41) is 9.76. The largest absolute Gasteiger partial charge is 0.490 e. The molecule has 0 aliphatic rings. The molecule has 0 aliphatic carbocycles. The molecule has 0 radical (unpaired) electrons. The topological polar surface area (TPSA) is 72.8 Å². The summed E-state index contributed by atoms with van der Waals surface area (Å²) in [6.45, 7) is 5.05. The van der Waals surface area contributed by atoms with Crippen molar-refractivity contribution in [1.82, 2.24) is 0 Å². The standard InChI is InChI=1S/C14H14O5S/c1-7(2)18-11-4-9(19-8(3)15)5-12-10(11)6-13(20-12)14(16)17/h4-7H,1-3H3,(H,16,17). The van der Waals surface area contributed by atoms with Gasteiger partial charge in [0.2, 0.25) is 0 Å². The van der Waals surface area contributed by atoms with Gasteiger partial charge >= 0.3 is 11.9 Å². The fraction of sp³-hybridized carbons (Fsp3) is 0.286. The summed E-state index contributed by atoms with van der Waals surface area (Å²) in [5.74, 6) is -0.567. The number of carbonyl (C=O) groups excluding carboxylic acids is 1. The van der Waals surface area contributed by atoms with Gasteiger partial charge in [-0.2, -0.15) is 0 Å². The third-order valence-electron chi connectivity index (χ3n) is 2.41. The van der Waals surface area contributed by atoms with Crippen LogP contribution in [-0.2, 0) is 4.79 Å². The van der Waals surface area contributed by atoms with Crippen LogP contribution < -0.4 is 9.47 Å². The molecular formula is C14H14O5S. The first-order valence-corrected chi connectivity index (χ1v) is 6.84. The molecular weight excluding hydrogens is 280 g/mol. The molecule has 1 aromatic heterocycles. The van der Waals surface area contributed by atoms with Gasteiger partial charge in [0, 0.05) is 23.1 Å². The third-order valence-corrected chi connectivity index (χ3v) is 3.48. The van der Waals surface area contributed by atoms with Crippen molar-refractivity contribution in [3.8, 4) is 11.5 Å². The Bertz CT molecular complexity index is 671. The van der Waals surface area contributed by atoms with Crippen LogP contribution in [0.5, 0.6) is 11.5 Å². The predicted molar refractivity (Wildman–Crippen MR) is 75.9 cm³/mol. The minimum Gasteiger partial charge on any atom is -0.490 e. The van der Waals surface area contributed by atoms with Crippen molar-refractivity contribution in [1.29, 1.82) is 0 Å². The number of hydrogen-bond acceptors (Lipinski definition) is 5. The van der Waals surface area contributed by atoms with E-state index >= 15 is 0 Å². The van der Waals surface area contributed by atoms with Gasteiger partial charge in [0.1, 0.15) is 16.4 Å². The molecule has 0 unspecified atom stereocenters. The zero-order valence-corrected chi connectivity index (χ0v) is 12.1. The fourth-order valence-corrected chi connectivity index (χ4v) is 2.71. The second-order valence-electron chi connectivity index (χ2n) is 4.51. The van der Waals surface area contributed by atoms with Gasteiger partial charge in [-0.25, -0.2) is 4.79 Å². The zero-order valence-electron chi connectivity index (χ0n) is 11.3. The predicted octanol–water partition coefficient (Wildman–Crippen LogP) is 3.31. The van der Waals surface area contributed by atoms with Crippen LogP contribution >= 0.6 is 11.3 Å². The van der Waals surface area contributed by atoms with E-state index in [9.17, 15) is 9.59 Å². The minimum atomic E-state index is -0.990. The van der Waals surface area contributed by atoms with Crippen molar-refractivity contribution in [3.05, 3.63) is 23.1 Å². The lowest BCUT2D eigenvalue weighted by atomic mass is 10.2. The molecule has 1 N–H and O–H groups in total. The summed E-state index contributed by atoms with van der Waals surface area (Å²) >= 11 is 1.12. The smallest absolute Gasteiger partial charge is 0.345 e. The average Bonchev–Trinajstić information content (AvgIpc) is 2.71. The van der Waals surface area contributed by atoms with Crippen molar-refractivity contribution < 1.29 is 24.2 Å². The first-order chi connectivity index (χ1) is 9.36. The molecule has 0 saturated heterocycles. The Morgan fingerprint density at radius 3 is 2.50 bits per heavy atom. The summed E-state index contributed by atoms with van der Waals surface area (Å²) in [7, 11) is 0. The summed E-state index contributed by atoms with van der Waals surface area (Å²) in [5.41, 5.74) is 0. The van der Waals surface area contributed by atoms with Crippen LogP contribution in [0.1, 0.15) is 30.4 Å². The molecule has 0 atom stereocenters. The maximum Gasteiger partial charge on any atom is 0.345 e. The van der Waals surface area contributed by atoms with Gasteiger partial charge in [0.15, 0.2) is 0 Å². The summed E-state index contributed by atoms with van der Waals surface area (Å²) < 4.78 is 11.4. The van der Waals surface area contributed by atoms with Gasteiger partial charge in [-0.3, -0.25) is 4.79 Å². The third kappa shape index (κ3) is 3.08. The summed E-state index contributed by atoms with van der Waals surface area (Å²) in [4.78, 5) is 22.3. The van der Waals surface area contributed by atoms with E-state index in [4.69, 9.17) is 14.6 Å². The van der Waals surface area contributed by atoms with Gasteiger partial charge in [-0.1, -0.05) is 0 Å². The van der Waals surface area contributed by atoms with Crippen LogP contribution in [0.3, 0.4) is 0 Å². The number of esters is 1. The van der Waals surface area contributed by atoms with E-state index in [0.29, 0.717) is 21.6 Å². The molecule has 5 nitrogen and oxygen atoms in total. The van der Waals surface area contributed by atoms with Crippen molar-refractivity contribution in [2.45, 2.75) is 26.9 Å². The van der Waals surface area contributed by atoms with Crippen molar-refractivity contribution in [2.75, 3.05) is 0 Å². The van der Waals surface area contributed by atoms with Crippen LogP contribution in [0.2, 0.25) is 0 Å². The minimum absolute atomic E-state index is 0.0704. The number of rotatable bonds is 4. The normalized spacial score (nSPS) is 10.8. The second-order valence-corrected chi connectivity index (χ2v) is 5.59. The monoisotopic (exact) mass is 294 g/mol. The lowest BCUT2D eigenvalue weighted by molar-refractivity contribution is -0.131. The molecule has 2 rings (SSSR count). The molecule has 0 saturated carbocycles. The number of carbonyl (C=O) groups is 2. The molecule has 20 heavy (non-hydrogen) atoms. The molecule has 0 amide bonds. The zero-order chi connectivity index (χ0) is 14.9. The Morgan fingerprint density at radius 1 is 1.25 bits per heavy atom. The maximum absolute atomic E-state index is 11.1. The first-order valence-electron chi connectivity index (χ1n) is 6.02. The van der Waals surface area contributed by atoms with Gasteiger partial charge < -0.3 is 14.6 Å². The highest BCUT2D eigenvalue weighted by molar-refractivity contribution is 7.20. The Hall–Kier alpha value is -2.08. The van der Waals surface area contributed by atoms with E-state index in [-0.39, 0.29) is 11.0 Å². The molecule has 1 heterocycles. The van der Waals surface area contributed by atoms with Crippen LogP contribution in [0, 0.1) is 0 Å². The van der Waals surface area contributed by atoms with Crippen LogP contribution in [0.25, 0.3) is 10.1 Å². The Kier molecular flexibility index (Phi) is 3.94. The van der Waals surface area contributed by atoms with Crippen molar-refractivity contribution in [2.24, 2.45) is 0 Å². The molecule has 0 bridgehead atoms. The van der Waals surface area contributed by atoms with E-state index in [0.717, 1.165) is 11.3 Å².